The van der Waals surface area contributed by atoms with Crippen LogP contribution >= 0.6 is 11.6 Å². The van der Waals surface area contributed by atoms with Crippen molar-refractivity contribution in [3.63, 3.8) is 0 Å². The minimum Gasteiger partial charge on any atom is -0.258 e. The Hall–Kier alpha value is -1.10. The molecule has 0 bridgehead atoms. The van der Waals surface area contributed by atoms with Gasteiger partial charge in [-0.15, -0.1) is 0 Å². The van der Waals surface area contributed by atoms with E-state index in [0.29, 0.717) is 24.6 Å². The summed E-state index contributed by atoms with van der Waals surface area (Å²) in [5.74, 6) is 0.518. The van der Waals surface area contributed by atoms with Gasteiger partial charge in [0, 0.05) is 6.54 Å². The molecule has 0 saturated heterocycles. The fourth-order valence-corrected chi connectivity index (χ4v) is 1.73. The largest absolute Gasteiger partial charge is 0.329 e. The molecule has 0 saturated carbocycles. The number of hydrogen-bond donors (Lipinski definition) is 0. The Labute approximate surface area is 99.5 Å². The van der Waals surface area contributed by atoms with Crippen LogP contribution in [0.1, 0.15) is 32.9 Å². The maximum Gasteiger partial charge on any atom is 0.329 e. The molecule has 6 heteroatoms. The average Bonchev–Trinajstić information content (AvgIpc) is 2.52. The van der Waals surface area contributed by atoms with E-state index in [1.165, 1.54) is 4.68 Å². The van der Waals surface area contributed by atoms with Gasteiger partial charge in [0.2, 0.25) is 5.15 Å². The van der Waals surface area contributed by atoms with Gasteiger partial charge in [0.1, 0.15) is 5.69 Å². The van der Waals surface area contributed by atoms with Gasteiger partial charge in [-0.3, -0.25) is 10.1 Å². The molecular formula is C10H16ClN3O2. The van der Waals surface area contributed by atoms with Crippen LogP contribution < -0.4 is 0 Å². The Morgan fingerprint density at radius 2 is 2.19 bits per heavy atom. The molecule has 0 aliphatic heterocycles. The first-order chi connectivity index (χ1) is 7.47. The molecule has 0 atom stereocenters. The summed E-state index contributed by atoms with van der Waals surface area (Å²) in [5, 5.41) is 15.1. The zero-order valence-electron chi connectivity index (χ0n) is 9.73. The highest BCUT2D eigenvalue weighted by Crippen LogP contribution is 2.28. The van der Waals surface area contributed by atoms with E-state index >= 15 is 0 Å². The lowest BCUT2D eigenvalue weighted by atomic mass is 10.1. The second-order valence-electron chi connectivity index (χ2n) is 4.10. The maximum atomic E-state index is 10.8. The second kappa shape index (κ2) is 5.30. The Bertz CT molecular complexity index is 388. The zero-order valence-corrected chi connectivity index (χ0v) is 10.5. The number of aromatic nitrogens is 2. The summed E-state index contributed by atoms with van der Waals surface area (Å²) in [6.45, 7) is 6.63. The quantitative estimate of drug-likeness (QED) is 0.592. The first-order valence-electron chi connectivity index (χ1n) is 5.36. The van der Waals surface area contributed by atoms with Crippen molar-refractivity contribution < 1.29 is 4.92 Å². The SMILES string of the molecule is CCc1nn(CCC(C)C)c(Cl)c1[N+](=O)[O-]. The van der Waals surface area contributed by atoms with Gasteiger partial charge in [-0.25, -0.2) is 4.68 Å². The molecule has 0 unspecified atom stereocenters. The van der Waals surface area contributed by atoms with Crippen LogP contribution in [0.2, 0.25) is 5.15 Å². The molecule has 0 amide bonds. The molecule has 90 valence electrons. The van der Waals surface area contributed by atoms with Crippen LogP contribution in [0.15, 0.2) is 0 Å². The fourth-order valence-electron chi connectivity index (χ4n) is 1.43. The molecule has 1 aromatic heterocycles. The number of hydrogen-bond acceptors (Lipinski definition) is 3. The summed E-state index contributed by atoms with van der Waals surface area (Å²) in [7, 11) is 0. The maximum absolute atomic E-state index is 10.8. The van der Waals surface area contributed by atoms with Gasteiger partial charge >= 0.3 is 5.69 Å². The van der Waals surface area contributed by atoms with Crippen LogP contribution in [0.3, 0.4) is 0 Å². The second-order valence-corrected chi connectivity index (χ2v) is 4.46. The summed E-state index contributed by atoms with van der Waals surface area (Å²) in [6, 6.07) is 0. The number of nitrogens with zero attached hydrogens (tertiary/aromatic N) is 3. The monoisotopic (exact) mass is 245 g/mol. The fraction of sp³-hybridized carbons (Fsp3) is 0.700. The predicted octanol–water partition coefficient (Wildman–Crippen LogP) is 3.05. The summed E-state index contributed by atoms with van der Waals surface area (Å²) >= 11 is 5.95. The third-order valence-corrected chi connectivity index (χ3v) is 2.75. The van der Waals surface area contributed by atoms with Gasteiger partial charge in [-0.2, -0.15) is 5.10 Å². The zero-order chi connectivity index (χ0) is 12.3. The average molecular weight is 246 g/mol. The van der Waals surface area contributed by atoms with Crippen LogP contribution in [0.4, 0.5) is 5.69 Å². The predicted molar refractivity (Wildman–Crippen MR) is 62.7 cm³/mol. The van der Waals surface area contributed by atoms with Crippen LogP contribution in [-0.2, 0) is 13.0 Å². The van der Waals surface area contributed by atoms with E-state index in [2.05, 4.69) is 18.9 Å². The van der Waals surface area contributed by atoms with Crippen LogP contribution in [-0.4, -0.2) is 14.7 Å². The molecule has 5 nitrogen and oxygen atoms in total. The lowest BCUT2D eigenvalue weighted by Gasteiger charge is -2.04. The third-order valence-electron chi connectivity index (χ3n) is 2.37. The van der Waals surface area contributed by atoms with Gasteiger partial charge in [0.05, 0.1) is 4.92 Å². The number of halogens is 1. The van der Waals surface area contributed by atoms with Gasteiger partial charge in [-0.1, -0.05) is 32.4 Å². The molecule has 0 aliphatic carbocycles. The standard InChI is InChI=1S/C10H16ClN3O2/c1-4-8-9(14(15)16)10(11)13(12-8)6-5-7(2)3/h7H,4-6H2,1-3H3. The van der Waals surface area contributed by atoms with E-state index in [4.69, 9.17) is 11.6 Å². The van der Waals surface area contributed by atoms with E-state index in [1.807, 2.05) is 6.92 Å². The molecule has 0 spiro atoms. The lowest BCUT2D eigenvalue weighted by Crippen LogP contribution is -2.03. The molecular weight excluding hydrogens is 230 g/mol. The first-order valence-corrected chi connectivity index (χ1v) is 5.74. The third kappa shape index (κ3) is 2.72. The van der Waals surface area contributed by atoms with Crippen molar-refractivity contribution in [3.05, 3.63) is 21.0 Å². The molecule has 1 aromatic rings. The topological polar surface area (TPSA) is 61.0 Å². The van der Waals surface area contributed by atoms with Crippen molar-refractivity contribution >= 4 is 17.3 Å². The minimum absolute atomic E-state index is 0.0482. The molecule has 1 rings (SSSR count). The van der Waals surface area contributed by atoms with Crippen molar-refractivity contribution in [1.82, 2.24) is 9.78 Å². The summed E-state index contributed by atoms with van der Waals surface area (Å²) < 4.78 is 1.53. The normalized spacial score (nSPS) is 11.1. The highest BCUT2D eigenvalue weighted by Gasteiger charge is 2.25. The van der Waals surface area contributed by atoms with Crippen LogP contribution in [0.5, 0.6) is 0 Å². The summed E-state index contributed by atoms with van der Waals surface area (Å²) in [6.07, 6.45) is 1.42. The van der Waals surface area contributed by atoms with Gasteiger partial charge in [-0.05, 0) is 18.8 Å². The summed E-state index contributed by atoms with van der Waals surface area (Å²) in [5.41, 5.74) is 0.409. The Morgan fingerprint density at radius 1 is 1.56 bits per heavy atom. The van der Waals surface area contributed by atoms with Crippen molar-refractivity contribution in [2.75, 3.05) is 0 Å². The van der Waals surface area contributed by atoms with Crippen molar-refractivity contribution in [2.45, 2.75) is 40.2 Å². The lowest BCUT2D eigenvalue weighted by molar-refractivity contribution is -0.385. The Morgan fingerprint density at radius 3 is 2.56 bits per heavy atom. The van der Waals surface area contributed by atoms with Crippen molar-refractivity contribution in [1.29, 1.82) is 0 Å². The van der Waals surface area contributed by atoms with E-state index < -0.39 is 4.92 Å². The molecule has 0 radical (unpaired) electrons. The summed E-state index contributed by atoms with van der Waals surface area (Å²) in [4.78, 5) is 10.4. The van der Waals surface area contributed by atoms with Gasteiger partial charge in [0.25, 0.3) is 0 Å². The highest BCUT2D eigenvalue weighted by molar-refractivity contribution is 6.31. The highest BCUT2D eigenvalue weighted by atomic mass is 35.5. The molecule has 0 fully saturated rings. The van der Waals surface area contributed by atoms with Crippen molar-refractivity contribution in [3.8, 4) is 0 Å². The van der Waals surface area contributed by atoms with Crippen LogP contribution in [0, 0.1) is 16.0 Å². The van der Waals surface area contributed by atoms with Crippen LogP contribution in [0.25, 0.3) is 0 Å². The van der Waals surface area contributed by atoms with E-state index in [9.17, 15) is 10.1 Å². The molecule has 0 aliphatic rings. The van der Waals surface area contributed by atoms with E-state index in [1.54, 1.807) is 0 Å². The molecule has 0 N–H and O–H groups in total. The smallest absolute Gasteiger partial charge is 0.258 e. The van der Waals surface area contributed by atoms with Crippen molar-refractivity contribution in [2.24, 2.45) is 5.92 Å². The van der Waals surface area contributed by atoms with E-state index in [-0.39, 0.29) is 10.8 Å². The number of nitro groups is 1. The number of rotatable bonds is 5. The molecule has 1 heterocycles. The first kappa shape index (κ1) is 13.0. The molecule has 0 aromatic carbocycles. The number of aryl methyl sites for hydroxylation is 2. The Balaban J connectivity index is 2.99. The Kier molecular flexibility index (Phi) is 4.29. The molecule has 16 heavy (non-hydrogen) atoms. The van der Waals surface area contributed by atoms with Gasteiger partial charge < -0.3 is 0 Å². The minimum atomic E-state index is -0.458. The van der Waals surface area contributed by atoms with E-state index in [0.717, 1.165) is 6.42 Å². The van der Waals surface area contributed by atoms with Gasteiger partial charge in [0.15, 0.2) is 0 Å².